The molecule has 108 valence electrons. The molecule has 0 atom stereocenters. The van der Waals surface area contributed by atoms with Crippen molar-refractivity contribution in [3.63, 3.8) is 0 Å². The Hall–Kier alpha value is -3.22. The smallest absolute Gasteiger partial charge is 0.224 e. The summed E-state index contributed by atoms with van der Waals surface area (Å²) in [6.07, 6.45) is 0. The molecule has 5 nitrogen and oxygen atoms in total. The van der Waals surface area contributed by atoms with Gasteiger partial charge in [-0.2, -0.15) is 0 Å². The van der Waals surface area contributed by atoms with Gasteiger partial charge in [0.05, 0.1) is 17.9 Å². The minimum Gasteiger partial charge on any atom is -0.301 e. The van der Waals surface area contributed by atoms with Crippen LogP contribution in [0.1, 0.15) is 12.5 Å². The molecule has 0 aliphatic carbocycles. The van der Waals surface area contributed by atoms with Crippen molar-refractivity contribution < 1.29 is 4.79 Å². The van der Waals surface area contributed by atoms with Crippen LogP contribution in [-0.4, -0.2) is 12.5 Å². The number of anilines is 1. The average Bonchev–Trinajstić information content (AvgIpc) is 2.53. The van der Waals surface area contributed by atoms with Gasteiger partial charge in [0.25, 0.3) is 0 Å². The highest BCUT2D eigenvalue weighted by Crippen LogP contribution is 2.28. The van der Waals surface area contributed by atoms with E-state index in [4.69, 9.17) is 5.53 Å². The fraction of sp³-hybridized carbons (Fsp3) is 0.118. The van der Waals surface area contributed by atoms with Crippen LogP contribution in [0.15, 0.2) is 59.7 Å². The van der Waals surface area contributed by atoms with Crippen molar-refractivity contribution in [2.24, 2.45) is 5.11 Å². The van der Waals surface area contributed by atoms with E-state index in [-0.39, 0.29) is 12.5 Å². The van der Waals surface area contributed by atoms with Crippen LogP contribution in [0.25, 0.3) is 10.4 Å². The van der Waals surface area contributed by atoms with E-state index in [1.54, 1.807) is 24.3 Å². The molecule has 2 rings (SSSR count). The number of hydrogen-bond donors (Lipinski definition) is 0. The van der Waals surface area contributed by atoms with E-state index in [1.165, 1.54) is 11.8 Å². The lowest BCUT2D eigenvalue weighted by Crippen LogP contribution is -2.28. The molecule has 2 aromatic carbocycles. The Morgan fingerprint density at radius 2 is 1.86 bits per heavy atom. The third kappa shape index (κ3) is 3.89. The topological polar surface area (TPSA) is 69.1 Å². The van der Waals surface area contributed by atoms with Crippen molar-refractivity contribution >= 4 is 17.3 Å². The van der Waals surface area contributed by atoms with Gasteiger partial charge in [-0.3, -0.25) is 4.79 Å². The van der Waals surface area contributed by atoms with Gasteiger partial charge in [0, 0.05) is 17.4 Å². The Balaban J connectivity index is 2.27. The summed E-state index contributed by atoms with van der Waals surface area (Å²) < 4.78 is 0. The lowest BCUT2D eigenvalue weighted by Gasteiger charge is -2.20. The molecule has 0 spiro atoms. The van der Waals surface area contributed by atoms with E-state index < -0.39 is 0 Å². The van der Waals surface area contributed by atoms with Crippen LogP contribution in [0.5, 0.6) is 0 Å². The van der Waals surface area contributed by atoms with Gasteiger partial charge < -0.3 is 4.90 Å². The van der Waals surface area contributed by atoms with Crippen LogP contribution in [0, 0.1) is 11.8 Å². The van der Waals surface area contributed by atoms with Crippen LogP contribution in [0.3, 0.4) is 0 Å². The Labute approximate surface area is 128 Å². The molecule has 1 amide bonds. The number of amides is 1. The van der Waals surface area contributed by atoms with Crippen molar-refractivity contribution in [1.29, 1.82) is 0 Å². The van der Waals surface area contributed by atoms with Crippen LogP contribution in [0.2, 0.25) is 0 Å². The van der Waals surface area contributed by atoms with Gasteiger partial charge in [0.15, 0.2) is 0 Å². The number of rotatable bonds is 3. The first-order valence-electron chi connectivity index (χ1n) is 6.68. The molecule has 0 saturated carbocycles. The maximum absolute atomic E-state index is 11.9. The van der Waals surface area contributed by atoms with Crippen molar-refractivity contribution in [3.05, 3.63) is 70.6 Å². The van der Waals surface area contributed by atoms with Crippen molar-refractivity contribution in [1.82, 2.24) is 0 Å². The number of benzene rings is 2. The average molecular weight is 290 g/mol. The second-order valence-corrected chi connectivity index (χ2v) is 4.45. The molecule has 0 bridgehead atoms. The van der Waals surface area contributed by atoms with Gasteiger partial charge in [0.2, 0.25) is 5.91 Å². The molecule has 5 heteroatoms. The van der Waals surface area contributed by atoms with Gasteiger partial charge in [0.1, 0.15) is 0 Å². The summed E-state index contributed by atoms with van der Waals surface area (Å²) >= 11 is 0. The quantitative estimate of drug-likeness (QED) is 0.364. The fourth-order valence-electron chi connectivity index (χ4n) is 1.93. The number of hydrogen-bond acceptors (Lipinski definition) is 2. The molecule has 22 heavy (non-hydrogen) atoms. The number of azide groups is 1. The van der Waals surface area contributed by atoms with E-state index in [2.05, 4.69) is 21.9 Å². The normalized spacial score (nSPS) is 9.14. The maximum Gasteiger partial charge on any atom is 0.224 e. The highest BCUT2D eigenvalue weighted by molar-refractivity contribution is 5.95. The third-order valence-corrected chi connectivity index (χ3v) is 2.95. The molecule has 0 radical (unpaired) electrons. The van der Waals surface area contributed by atoms with Gasteiger partial charge >= 0.3 is 0 Å². The summed E-state index contributed by atoms with van der Waals surface area (Å²) in [5.74, 6) is 5.81. The number of nitrogens with zero attached hydrogens (tertiary/aromatic N) is 4. The van der Waals surface area contributed by atoms with Crippen LogP contribution >= 0.6 is 0 Å². The van der Waals surface area contributed by atoms with Gasteiger partial charge in [-0.1, -0.05) is 53.4 Å². The standard InChI is InChI=1S/C17H14N4O/c1-14(22)21(13-7-10-15-8-3-2-4-9-15)17-12-6-5-11-16(17)19-20-18/h2-6,8-9,11-12H,13H2,1H3. The number of carbonyl (C=O) groups excluding carboxylic acids is 1. The summed E-state index contributed by atoms with van der Waals surface area (Å²) in [5.41, 5.74) is 10.5. The third-order valence-electron chi connectivity index (χ3n) is 2.95. The minimum atomic E-state index is -0.164. The summed E-state index contributed by atoms with van der Waals surface area (Å²) in [7, 11) is 0. The Kier molecular flexibility index (Phi) is 5.20. The SMILES string of the molecule is CC(=O)N(CC#Cc1ccccc1)c1ccccc1N=[N+]=[N-]. The molecule has 0 unspecified atom stereocenters. The largest absolute Gasteiger partial charge is 0.301 e. The number of para-hydroxylation sites is 1. The predicted octanol–water partition coefficient (Wildman–Crippen LogP) is 4.03. The molecule has 0 aromatic heterocycles. The summed E-state index contributed by atoms with van der Waals surface area (Å²) in [6, 6.07) is 16.5. The minimum absolute atomic E-state index is 0.164. The first kappa shape index (κ1) is 15.2. The van der Waals surface area contributed by atoms with E-state index in [0.29, 0.717) is 11.4 Å². The molecule has 0 heterocycles. The Bertz CT molecular complexity index is 768. The lowest BCUT2D eigenvalue weighted by molar-refractivity contribution is -0.116. The maximum atomic E-state index is 11.9. The summed E-state index contributed by atoms with van der Waals surface area (Å²) in [5, 5.41) is 3.61. The van der Waals surface area contributed by atoms with Crippen molar-refractivity contribution in [2.45, 2.75) is 6.92 Å². The highest BCUT2D eigenvalue weighted by atomic mass is 16.2. The van der Waals surface area contributed by atoms with Gasteiger partial charge in [-0.15, -0.1) is 0 Å². The van der Waals surface area contributed by atoms with E-state index in [1.807, 2.05) is 30.3 Å². The van der Waals surface area contributed by atoms with Crippen LogP contribution in [-0.2, 0) is 4.79 Å². The first-order chi connectivity index (χ1) is 10.7. The second kappa shape index (κ2) is 7.53. The molecular formula is C17H14N4O. The van der Waals surface area contributed by atoms with Crippen molar-refractivity contribution in [2.75, 3.05) is 11.4 Å². The first-order valence-corrected chi connectivity index (χ1v) is 6.68. The highest BCUT2D eigenvalue weighted by Gasteiger charge is 2.13. The van der Waals surface area contributed by atoms with Crippen LogP contribution in [0.4, 0.5) is 11.4 Å². The molecule has 0 aliphatic heterocycles. The molecule has 0 N–H and O–H groups in total. The lowest BCUT2D eigenvalue weighted by atomic mass is 10.2. The fourth-order valence-corrected chi connectivity index (χ4v) is 1.93. The summed E-state index contributed by atoms with van der Waals surface area (Å²) in [6.45, 7) is 1.68. The molecular weight excluding hydrogens is 276 g/mol. The molecule has 0 fully saturated rings. The summed E-state index contributed by atoms with van der Waals surface area (Å²) in [4.78, 5) is 16.1. The van der Waals surface area contributed by atoms with E-state index in [9.17, 15) is 4.79 Å². The van der Waals surface area contributed by atoms with E-state index >= 15 is 0 Å². The van der Waals surface area contributed by atoms with Crippen molar-refractivity contribution in [3.8, 4) is 11.8 Å². The van der Waals surface area contributed by atoms with Crippen LogP contribution < -0.4 is 4.90 Å². The Morgan fingerprint density at radius 1 is 1.18 bits per heavy atom. The zero-order valence-electron chi connectivity index (χ0n) is 12.1. The zero-order chi connectivity index (χ0) is 15.8. The van der Waals surface area contributed by atoms with E-state index in [0.717, 1.165) is 5.56 Å². The monoisotopic (exact) mass is 290 g/mol. The van der Waals surface area contributed by atoms with Gasteiger partial charge in [-0.25, -0.2) is 0 Å². The molecule has 2 aromatic rings. The number of carbonyl (C=O) groups is 1. The van der Waals surface area contributed by atoms with Gasteiger partial charge in [-0.05, 0) is 23.7 Å². The predicted molar refractivity (Wildman–Crippen MR) is 86.6 cm³/mol. The molecule has 0 aliphatic rings. The second-order valence-electron chi connectivity index (χ2n) is 4.45. The zero-order valence-corrected chi connectivity index (χ0v) is 12.1. The Morgan fingerprint density at radius 3 is 2.55 bits per heavy atom. The molecule has 0 saturated heterocycles.